The predicted octanol–water partition coefficient (Wildman–Crippen LogP) is 2.48. The molecule has 0 spiro atoms. The Labute approximate surface area is 124 Å². The normalized spacial score (nSPS) is 12.1. The first kappa shape index (κ1) is 15.1. The monoisotopic (exact) mass is 304 g/mol. The van der Waals surface area contributed by atoms with Crippen molar-refractivity contribution in [1.29, 1.82) is 0 Å². The van der Waals surface area contributed by atoms with Crippen molar-refractivity contribution >= 4 is 15.7 Å². The van der Waals surface area contributed by atoms with Gasteiger partial charge < -0.3 is 5.11 Å². The summed E-state index contributed by atoms with van der Waals surface area (Å²) in [7, 11) is -3.67. The van der Waals surface area contributed by atoms with E-state index >= 15 is 0 Å². The summed E-state index contributed by atoms with van der Waals surface area (Å²) in [6.07, 6.45) is 0.558. The Balaban J connectivity index is 2.24. The number of hydrazone groups is 1. The summed E-state index contributed by atoms with van der Waals surface area (Å²) in [4.78, 5) is 2.40. The van der Waals surface area contributed by atoms with Gasteiger partial charge in [0.25, 0.3) is 10.0 Å². The summed E-state index contributed by atoms with van der Waals surface area (Å²) >= 11 is 0. The van der Waals surface area contributed by atoms with Crippen LogP contribution in [0, 0.1) is 0 Å². The summed E-state index contributed by atoms with van der Waals surface area (Å²) in [5, 5.41) is 13.3. The first-order valence-corrected chi connectivity index (χ1v) is 7.94. The summed E-state index contributed by atoms with van der Waals surface area (Å²) in [6, 6.07) is 14.5. The van der Waals surface area contributed by atoms with Crippen molar-refractivity contribution in [2.45, 2.75) is 18.2 Å². The SMILES string of the molecule is CC/C(=N\NS(=O)(=O)c1ccccc1)c1ccc(O)cc1. The predicted molar refractivity (Wildman–Crippen MR) is 81.7 cm³/mol. The Morgan fingerprint density at radius 1 is 1.10 bits per heavy atom. The highest BCUT2D eigenvalue weighted by molar-refractivity contribution is 7.89. The highest BCUT2D eigenvalue weighted by atomic mass is 32.2. The van der Waals surface area contributed by atoms with Crippen LogP contribution in [0.15, 0.2) is 64.6 Å². The first-order valence-electron chi connectivity index (χ1n) is 6.46. The van der Waals surface area contributed by atoms with Crippen molar-refractivity contribution in [2.75, 3.05) is 0 Å². The summed E-state index contributed by atoms with van der Waals surface area (Å²) in [5.74, 6) is 0.152. The highest BCUT2D eigenvalue weighted by Gasteiger charge is 2.12. The van der Waals surface area contributed by atoms with Crippen LogP contribution < -0.4 is 4.83 Å². The van der Waals surface area contributed by atoms with Crippen LogP contribution >= 0.6 is 0 Å². The standard InChI is InChI=1S/C15H16N2O3S/c1-2-15(12-8-10-13(18)11-9-12)16-17-21(19,20)14-6-4-3-5-7-14/h3-11,17-18H,2H2,1H3/b16-15+. The number of phenols is 1. The molecule has 0 radical (unpaired) electrons. The van der Waals surface area contributed by atoms with Gasteiger partial charge in [-0.2, -0.15) is 18.4 Å². The Morgan fingerprint density at radius 3 is 2.29 bits per heavy atom. The van der Waals surface area contributed by atoms with E-state index in [0.717, 1.165) is 5.56 Å². The maximum Gasteiger partial charge on any atom is 0.276 e. The molecule has 0 aromatic heterocycles. The summed E-state index contributed by atoms with van der Waals surface area (Å²) in [6.45, 7) is 1.88. The molecule has 0 aliphatic carbocycles. The number of aromatic hydroxyl groups is 1. The average molecular weight is 304 g/mol. The molecule has 0 aliphatic rings. The summed E-state index contributed by atoms with van der Waals surface area (Å²) in [5.41, 5.74) is 1.35. The van der Waals surface area contributed by atoms with E-state index in [1.807, 2.05) is 6.92 Å². The van der Waals surface area contributed by atoms with Crippen molar-refractivity contribution in [2.24, 2.45) is 5.10 Å². The van der Waals surface area contributed by atoms with Gasteiger partial charge in [-0.1, -0.05) is 25.1 Å². The van der Waals surface area contributed by atoms with Crippen LogP contribution in [0.3, 0.4) is 0 Å². The zero-order valence-electron chi connectivity index (χ0n) is 11.5. The van der Waals surface area contributed by atoms with Gasteiger partial charge in [-0.3, -0.25) is 0 Å². The second kappa shape index (κ2) is 6.41. The van der Waals surface area contributed by atoms with Crippen LogP contribution in [0.2, 0.25) is 0 Å². The Morgan fingerprint density at radius 2 is 1.71 bits per heavy atom. The lowest BCUT2D eigenvalue weighted by Crippen LogP contribution is -2.20. The Kier molecular flexibility index (Phi) is 4.59. The van der Waals surface area contributed by atoms with E-state index in [1.165, 1.54) is 24.3 Å². The molecule has 0 unspecified atom stereocenters. The van der Waals surface area contributed by atoms with Gasteiger partial charge in [0.1, 0.15) is 5.75 Å². The quantitative estimate of drug-likeness (QED) is 0.658. The molecule has 110 valence electrons. The van der Waals surface area contributed by atoms with Crippen molar-refractivity contribution < 1.29 is 13.5 Å². The van der Waals surface area contributed by atoms with E-state index in [1.54, 1.807) is 30.3 Å². The molecule has 21 heavy (non-hydrogen) atoms. The molecule has 2 aromatic rings. The second-order valence-electron chi connectivity index (χ2n) is 4.37. The van der Waals surface area contributed by atoms with Crippen LogP contribution in [0.25, 0.3) is 0 Å². The van der Waals surface area contributed by atoms with Gasteiger partial charge in [-0.15, -0.1) is 0 Å². The minimum Gasteiger partial charge on any atom is -0.508 e. The third-order valence-corrected chi connectivity index (χ3v) is 4.11. The van der Waals surface area contributed by atoms with Crippen molar-refractivity contribution in [3.8, 4) is 5.75 Å². The molecular formula is C15H16N2O3S. The maximum absolute atomic E-state index is 12.1. The van der Waals surface area contributed by atoms with Crippen LogP contribution in [-0.4, -0.2) is 19.2 Å². The molecular weight excluding hydrogens is 288 g/mol. The molecule has 6 heteroatoms. The Bertz CT molecular complexity index is 723. The van der Waals surface area contributed by atoms with E-state index in [4.69, 9.17) is 0 Å². The third kappa shape index (κ3) is 3.82. The zero-order chi connectivity index (χ0) is 15.3. The van der Waals surface area contributed by atoms with E-state index in [0.29, 0.717) is 12.1 Å². The number of rotatable bonds is 5. The van der Waals surface area contributed by atoms with Gasteiger partial charge in [-0.25, -0.2) is 0 Å². The molecule has 0 amide bonds. The zero-order valence-corrected chi connectivity index (χ0v) is 12.3. The molecule has 2 rings (SSSR count). The molecule has 2 aromatic carbocycles. The molecule has 0 saturated carbocycles. The number of phenolic OH excluding ortho intramolecular Hbond substituents is 1. The summed E-state index contributed by atoms with van der Waals surface area (Å²) < 4.78 is 24.2. The number of benzene rings is 2. The minimum atomic E-state index is -3.67. The number of hydrogen-bond acceptors (Lipinski definition) is 4. The molecule has 5 nitrogen and oxygen atoms in total. The van der Waals surface area contributed by atoms with Gasteiger partial charge in [0.15, 0.2) is 0 Å². The number of sulfonamides is 1. The fourth-order valence-electron chi connectivity index (χ4n) is 1.77. The van der Waals surface area contributed by atoms with Gasteiger partial charge in [0.2, 0.25) is 0 Å². The van der Waals surface area contributed by atoms with Crippen molar-refractivity contribution in [1.82, 2.24) is 4.83 Å². The van der Waals surface area contributed by atoms with Crippen LogP contribution in [0.1, 0.15) is 18.9 Å². The highest BCUT2D eigenvalue weighted by Crippen LogP contribution is 2.12. The lowest BCUT2D eigenvalue weighted by Gasteiger charge is -2.07. The lowest BCUT2D eigenvalue weighted by molar-refractivity contribution is 0.475. The van der Waals surface area contributed by atoms with E-state index < -0.39 is 10.0 Å². The average Bonchev–Trinajstić information content (AvgIpc) is 2.50. The van der Waals surface area contributed by atoms with Gasteiger partial charge in [-0.05, 0) is 48.4 Å². The number of nitrogens with zero attached hydrogens (tertiary/aromatic N) is 1. The minimum absolute atomic E-state index is 0.152. The second-order valence-corrected chi connectivity index (χ2v) is 6.03. The van der Waals surface area contributed by atoms with Crippen LogP contribution in [-0.2, 0) is 10.0 Å². The van der Waals surface area contributed by atoms with Gasteiger partial charge in [0.05, 0.1) is 10.6 Å². The smallest absolute Gasteiger partial charge is 0.276 e. The molecule has 2 N–H and O–H groups in total. The van der Waals surface area contributed by atoms with E-state index in [-0.39, 0.29) is 10.6 Å². The first-order chi connectivity index (χ1) is 10.0. The van der Waals surface area contributed by atoms with Crippen molar-refractivity contribution in [3.63, 3.8) is 0 Å². The molecule has 0 heterocycles. The molecule has 0 bridgehead atoms. The lowest BCUT2D eigenvalue weighted by atomic mass is 10.1. The van der Waals surface area contributed by atoms with Gasteiger partial charge >= 0.3 is 0 Å². The third-order valence-electron chi connectivity index (χ3n) is 2.89. The van der Waals surface area contributed by atoms with Crippen LogP contribution in [0.5, 0.6) is 5.75 Å². The van der Waals surface area contributed by atoms with E-state index in [9.17, 15) is 13.5 Å². The largest absolute Gasteiger partial charge is 0.508 e. The van der Waals surface area contributed by atoms with Crippen molar-refractivity contribution in [3.05, 3.63) is 60.2 Å². The molecule has 0 atom stereocenters. The Hall–Kier alpha value is -2.34. The molecule has 0 aliphatic heterocycles. The number of hydrogen-bond donors (Lipinski definition) is 2. The molecule has 0 fully saturated rings. The fourth-order valence-corrected chi connectivity index (χ4v) is 2.62. The van der Waals surface area contributed by atoms with Crippen LogP contribution in [0.4, 0.5) is 0 Å². The van der Waals surface area contributed by atoms with Gasteiger partial charge in [0, 0.05) is 0 Å². The number of nitrogens with one attached hydrogen (secondary N) is 1. The maximum atomic E-state index is 12.1. The van der Waals surface area contributed by atoms with E-state index in [2.05, 4.69) is 9.93 Å². The fraction of sp³-hybridized carbons (Fsp3) is 0.133. The topological polar surface area (TPSA) is 78.8 Å². The molecule has 0 saturated heterocycles.